The van der Waals surface area contributed by atoms with Gasteiger partial charge in [-0.05, 0) is 111 Å². The van der Waals surface area contributed by atoms with Crippen molar-refractivity contribution in [1.29, 1.82) is 0 Å². The molecule has 0 bridgehead atoms. The van der Waals surface area contributed by atoms with Gasteiger partial charge in [0.1, 0.15) is 6.29 Å². The summed E-state index contributed by atoms with van der Waals surface area (Å²) < 4.78 is 0. The third kappa shape index (κ3) is 3.13. The summed E-state index contributed by atoms with van der Waals surface area (Å²) in [5.74, 6) is 5.17. The molecule has 4 saturated carbocycles. The number of hydrogen-bond acceptors (Lipinski definition) is 2. The summed E-state index contributed by atoms with van der Waals surface area (Å²) in [6.45, 7) is 9.72. The lowest BCUT2D eigenvalue weighted by Gasteiger charge is -2.61. The van der Waals surface area contributed by atoms with Gasteiger partial charge < -0.3 is 9.90 Å². The van der Waals surface area contributed by atoms with Gasteiger partial charge in [-0.3, -0.25) is 0 Å². The zero-order valence-corrected chi connectivity index (χ0v) is 18.1. The minimum Gasteiger partial charge on any atom is -0.393 e. The van der Waals surface area contributed by atoms with Crippen LogP contribution < -0.4 is 0 Å². The van der Waals surface area contributed by atoms with E-state index in [1.54, 1.807) is 0 Å². The molecule has 4 aliphatic carbocycles. The lowest BCUT2D eigenvalue weighted by atomic mass is 9.44. The van der Waals surface area contributed by atoms with E-state index in [1.165, 1.54) is 44.9 Å². The average molecular weight is 375 g/mol. The molecule has 0 spiro atoms. The van der Waals surface area contributed by atoms with E-state index in [2.05, 4.69) is 27.7 Å². The lowest BCUT2D eigenvalue weighted by Crippen LogP contribution is -2.54. The molecule has 0 amide bonds. The summed E-state index contributed by atoms with van der Waals surface area (Å²) in [5, 5.41) is 10.2. The molecule has 0 aromatic carbocycles. The van der Waals surface area contributed by atoms with Gasteiger partial charge in [-0.15, -0.1) is 0 Å². The molecule has 4 rings (SSSR count). The molecule has 2 nitrogen and oxygen atoms in total. The van der Waals surface area contributed by atoms with Crippen molar-refractivity contribution in [2.24, 2.45) is 52.3 Å². The quantitative estimate of drug-likeness (QED) is 0.625. The first-order valence-electron chi connectivity index (χ1n) is 11.9. The van der Waals surface area contributed by atoms with Crippen molar-refractivity contribution in [1.82, 2.24) is 0 Å². The highest BCUT2D eigenvalue weighted by Crippen LogP contribution is 2.68. The van der Waals surface area contributed by atoms with Crippen molar-refractivity contribution in [3.8, 4) is 0 Å². The van der Waals surface area contributed by atoms with Crippen molar-refractivity contribution in [2.75, 3.05) is 0 Å². The van der Waals surface area contributed by atoms with Crippen LogP contribution in [-0.4, -0.2) is 17.5 Å². The molecule has 0 saturated heterocycles. The van der Waals surface area contributed by atoms with E-state index in [1.807, 2.05) is 0 Å². The zero-order chi connectivity index (χ0) is 19.4. The van der Waals surface area contributed by atoms with Crippen molar-refractivity contribution >= 4 is 6.29 Å². The number of aliphatic hydroxyl groups excluding tert-OH is 1. The zero-order valence-electron chi connectivity index (χ0n) is 18.1. The molecule has 0 aliphatic heterocycles. The molecular weight excluding hydrogens is 332 g/mol. The minimum absolute atomic E-state index is 0.0370. The Kier molecular flexibility index (Phi) is 5.28. The van der Waals surface area contributed by atoms with Crippen molar-refractivity contribution in [2.45, 2.75) is 98.0 Å². The number of rotatable bonds is 4. The third-order valence-electron chi connectivity index (χ3n) is 10.4. The van der Waals surface area contributed by atoms with E-state index < -0.39 is 0 Å². The van der Waals surface area contributed by atoms with Crippen molar-refractivity contribution in [3.63, 3.8) is 0 Å². The topological polar surface area (TPSA) is 37.3 Å². The standard InChI is InChI=1S/C25H42O2/c1-16(15-26)13-17(2)21-7-8-22-20-6-5-18-14-19(27)9-11-24(18,3)23(20)10-12-25(21,22)4/h15-23,27H,5-14H2,1-4H3/t16-,17+,18?,19+,20?,21+,22?,23?,24-,25+/m0/s1. The first kappa shape index (κ1) is 19.9. The molecule has 4 fully saturated rings. The van der Waals surface area contributed by atoms with Gasteiger partial charge in [0.15, 0.2) is 0 Å². The van der Waals surface area contributed by atoms with Gasteiger partial charge in [0.2, 0.25) is 0 Å². The maximum atomic E-state index is 11.2. The summed E-state index contributed by atoms with van der Waals surface area (Å²) in [7, 11) is 0. The number of hydrogen-bond donors (Lipinski definition) is 1. The van der Waals surface area contributed by atoms with Gasteiger partial charge in [0.05, 0.1) is 6.10 Å². The summed E-state index contributed by atoms with van der Waals surface area (Å²) in [5.41, 5.74) is 0.986. The van der Waals surface area contributed by atoms with Crippen molar-refractivity contribution < 1.29 is 9.90 Å². The second kappa shape index (κ2) is 7.15. The Morgan fingerprint density at radius 3 is 2.41 bits per heavy atom. The van der Waals surface area contributed by atoms with E-state index in [9.17, 15) is 9.90 Å². The van der Waals surface area contributed by atoms with E-state index in [0.29, 0.717) is 16.7 Å². The van der Waals surface area contributed by atoms with Crippen LogP contribution in [0.3, 0.4) is 0 Å². The summed E-state index contributed by atoms with van der Waals surface area (Å²) in [6.07, 6.45) is 13.9. The molecule has 0 aromatic heterocycles. The van der Waals surface area contributed by atoms with Gasteiger partial charge in [0.25, 0.3) is 0 Å². The highest BCUT2D eigenvalue weighted by atomic mass is 16.3. The molecule has 4 aliphatic rings. The Balaban J connectivity index is 1.53. The Hall–Kier alpha value is -0.370. The predicted molar refractivity (Wildman–Crippen MR) is 110 cm³/mol. The Morgan fingerprint density at radius 2 is 1.67 bits per heavy atom. The van der Waals surface area contributed by atoms with Gasteiger partial charge in [0, 0.05) is 5.92 Å². The van der Waals surface area contributed by atoms with Crippen molar-refractivity contribution in [3.05, 3.63) is 0 Å². The number of carbonyl (C=O) groups is 1. The molecule has 10 atom stereocenters. The summed E-state index contributed by atoms with van der Waals surface area (Å²) in [4.78, 5) is 11.2. The molecule has 0 aromatic rings. The van der Waals surface area contributed by atoms with E-state index in [0.717, 1.165) is 55.1 Å². The summed E-state index contributed by atoms with van der Waals surface area (Å²) in [6, 6.07) is 0. The molecule has 0 radical (unpaired) electrons. The maximum absolute atomic E-state index is 11.2. The molecule has 154 valence electrons. The first-order valence-corrected chi connectivity index (χ1v) is 11.9. The number of carbonyl (C=O) groups excluding carboxylic acids is 1. The van der Waals surface area contributed by atoms with Crippen LogP contribution in [0.1, 0.15) is 91.9 Å². The minimum atomic E-state index is -0.0370. The Morgan fingerprint density at radius 1 is 0.963 bits per heavy atom. The molecule has 4 unspecified atom stereocenters. The van der Waals surface area contributed by atoms with Crippen LogP contribution in [0.2, 0.25) is 0 Å². The second-order valence-electron chi connectivity index (χ2n) is 11.6. The van der Waals surface area contributed by atoms with Gasteiger partial charge in [-0.2, -0.15) is 0 Å². The van der Waals surface area contributed by atoms with E-state index in [-0.39, 0.29) is 12.0 Å². The maximum Gasteiger partial charge on any atom is 0.122 e. The number of aliphatic hydroxyl groups is 1. The molecule has 2 heteroatoms. The van der Waals surface area contributed by atoms with Crippen LogP contribution in [-0.2, 0) is 4.79 Å². The smallest absolute Gasteiger partial charge is 0.122 e. The van der Waals surface area contributed by atoms with Crippen LogP contribution in [0, 0.1) is 52.3 Å². The first-order chi connectivity index (χ1) is 12.8. The molecule has 0 heterocycles. The van der Waals surface area contributed by atoms with Gasteiger partial charge in [-0.1, -0.05) is 27.7 Å². The summed E-state index contributed by atoms with van der Waals surface area (Å²) >= 11 is 0. The van der Waals surface area contributed by atoms with Crippen LogP contribution in [0.25, 0.3) is 0 Å². The molecular formula is C25H42O2. The fourth-order valence-electron chi connectivity index (χ4n) is 9.02. The van der Waals surface area contributed by atoms with Gasteiger partial charge >= 0.3 is 0 Å². The number of aldehydes is 1. The monoisotopic (exact) mass is 374 g/mol. The van der Waals surface area contributed by atoms with Crippen LogP contribution >= 0.6 is 0 Å². The SMILES string of the molecule is C[C@H](C=O)C[C@@H](C)[C@H]1CCC2C3CCC4C[C@H](O)CC[C@]4(C)C3CC[C@@]21C. The van der Waals surface area contributed by atoms with E-state index >= 15 is 0 Å². The largest absolute Gasteiger partial charge is 0.393 e. The number of fused-ring (bicyclic) bond motifs is 5. The van der Waals surface area contributed by atoms with Crippen LogP contribution in [0.4, 0.5) is 0 Å². The highest BCUT2D eigenvalue weighted by molar-refractivity contribution is 5.52. The molecule has 1 N–H and O–H groups in total. The van der Waals surface area contributed by atoms with E-state index in [4.69, 9.17) is 0 Å². The lowest BCUT2D eigenvalue weighted by molar-refractivity contribution is -0.129. The normalized spacial score (nSPS) is 51.6. The second-order valence-corrected chi connectivity index (χ2v) is 11.6. The van der Waals surface area contributed by atoms with Crippen LogP contribution in [0.5, 0.6) is 0 Å². The predicted octanol–water partition coefficient (Wildman–Crippen LogP) is 5.87. The fraction of sp³-hybridized carbons (Fsp3) is 0.960. The fourth-order valence-corrected chi connectivity index (χ4v) is 9.02. The molecule has 27 heavy (non-hydrogen) atoms. The third-order valence-corrected chi connectivity index (χ3v) is 10.4. The Labute approximate surface area is 166 Å². The average Bonchev–Trinajstić information content (AvgIpc) is 2.99. The highest BCUT2D eigenvalue weighted by Gasteiger charge is 2.60. The van der Waals surface area contributed by atoms with Crippen LogP contribution in [0.15, 0.2) is 0 Å². The Bertz CT molecular complexity index is 559. The van der Waals surface area contributed by atoms with Gasteiger partial charge in [-0.25, -0.2) is 0 Å².